The molecule has 1 heterocycles. The predicted octanol–water partition coefficient (Wildman–Crippen LogP) is 2.18. The Balaban J connectivity index is 2.01. The molecule has 98 valence electrons. The molecule has 4 heteroatoms. The van der Waals surface area contributed by atoms with Crippen LogP contribution in [-0.2, 0) is 4.74 Å². The normalized spacial score (nSPS) is 16.5. The van der Waals surface area contributed by atoms with E-state index < -0.39 is 0 Å². The lowest BCUT2D eigenvalue weighted by Gasteiger charge is -2.28. The zero-order valence-electron chi connectivity index (χ0n) is 10.8. The van der Waals surface area contributed by atoms with Gasteiger partial charge in [-0.2, -0.15) is 0 Å². The highest BCUT2D eigenvalue weighted by atomic mass is 32.1. The molecule has 1 saturated heterocycles. The van der Waals surface area contributed by atoms with E-state index in [0.717, 1.165) is 44.1 Å². The standard InChI is InChI=1S/C14H20N2OS/c1-16(10-11-5-7-17-8-6-11)13-4-2-3-12(9-13)14(15)18/h2-4,9,11H,5-8,10H2,1H3,(H2,15,18). The molecular formula is C14H20N2OS. The second-order valence-electron chi connectivity index (χ2n) is 4.85. The minimum atomic E-state index is 0.455. The van der Waals surface area contributed by atoms with E-state index in [4.69, 9.17) is 22.7 Å². The molecule has 0 spiro atoms. The Morgan fingerprint density at radius 2 is 2.17 bits per heavy atom. The summed E-state index contributed by atoms with van der Waals surface area (Å²) in [5.74, 6) is 0.720. The summed E-state index contributed by atoms with van der Waals surface area (Å²) in [6, 6.07) is 8.11. The summed E-state index contributed by atoms with van der Waals surface area (Å²) in [5.41, 5.74) is 7.77. The van der Waals surface area contributed by atoms with E-state index in [0.29, 0.717) is 4.99 Å². The van der Waals surface area contributed by atoms with Gasteiger partial charge in [-0.15, -0.1) is 0 Å². The minimum Gasteiger partial charge on any atom is -0.389 e. The van der Waals surface area contributed by atoms with Crippen molar-refractivity contribution in [2.24, 2.45) is 11.7 Å². The first-order valence-electron chi connectivity index (χ1n) is 6.35. The minimum absolute atomic E-state index is 0.455. The highest BCUT2D eigenvalue weighted by Crippen LogP contribution is 2.20. The van der Waals surface area contributed by atoms with Crippen molar-refractivity contribution in [1.29, 1.82) is 0 Å². The lowest BCUT2D eigenvalue weighted by molar-refractivity contribution is 0.0685. The van der Waals surface area contributed by atoms with Crippen molar-refractivity contribution in [1.82, 2.24) is 0 Å². The Bertz CT molecular complexity index is 416. The van der Waals surface area contributed by atoms with Gasteiger partial charge in [0, 0.05) is 38.1 Å². The van der Waals surface area contributed by atoms with Crippen LogP contribution >= 0.6 is 12.2 Å². The number of rotatable bonds is 4. The van der Waals surface area contributed by atoms with E-state index in [1.165, 1.54) is 5.69 Å². The van der Waals surface area contributed by atoms with Crippen molar-refractivity contribution < 1.29 is 4.74 Å². The Morgan fingerprint density at radius 1 is 1.44 bits per heavy atom. The molecule has 1 aliphatic heterocycles. The SMILES string of the molecule is CN(CC1CCOCC1)c1cccc(C(N)=S)c1. The quantitative estimate of drug-likeness (QED) is 0.846. The van der Waals surface area contributed by atoms with Crippen LogP contribution in [0.5, 0.6) is 0 Å². The summed E-state index contributed by atoms with van der Waals surface area (Å²) >= 11 is 5.01. The third-order valence-electron chi connectivity index (χ3n) is 3.44. The van der Waals surface area contributed by atoms with Gasteiger partial charge in [-0.25, -0.2) is 0 Å². The molecule has 0 aromatic heterocycles. The van der Waals surface area contributed by atoms with Crippen molar-refractivity contribution >= 4 is 22.9 Å². The zero-order chi connectivity index (χ0) is 13.0. The monoisotopic (exact) mass is 264 g/mol. The van der Waals surface area contributed by atoms with Crippen molar-refractivity contribution in [3.63, 3.8) is 0 Å². The maximum atomic E-state index is 5.66. The maximum absolute atomic E-state index is 5.66. The van der Waals surface area contributed by atoms with Gasteiger partial charge in [0.1, 0.15) is 4.99 Å². The summed E-state index contributed by atoms with van der Waals surface area (Å²) in [4.78, 5) is 2.73. The lowest BCUT2D eigenvalue weighted by Crippen LogP contribution is -2.29. The number of anilines is 1. The summed E-state index contributed by atoms with van der Waals surface area (Å²) in [6.45, 7) is 2.85. The number of nitrogens with two attached hydrogens (primary N) is 1. The Hall–Kier alpha value is -1.13. The van der Waals surface area contributed by atoms with E-state index in [-0.39, 0.29) is 0 Å². The summed E-state index contributed by atoms with van der Waals surface area (Å²) in [5, 5.41) is 0. The molecular weight excluding hydrogens is 244 g/mol. The van der Waals surface area contributed by atoms with Gasteiger partial charge in [-0.05, 0) is 30.9 Å². The smallest absolute Gasteiger partial charge is 0.104 e. The van der Waals surface area contributed by atoms with Gasteiger partial charge in [-0.1, -0.05) is 24.4 Å². The highest BCUT2D eigenvalue weighted by Gasteiger charge is 2.16. The second-order valence-corrected chi connectivity index (χ2v) is 5.29. The average molecular weight is 264 g/mol. The number of thiocarbonyl (C=S) groups is 1. The molecule has 0 radical (unpaired) electrons. The predicted molar refractivity (Wildman–Crippen MR) is 79.1 cm³/mol. The van der Waals surface area contributed by atoms with E-state index >= 15 is 0 Å². The molecule has 1 fully saturated rings. The maximum Gasteiger partial charge on any atom is 0.104 e. The average Bonchev–Trinajstić information content (AvgIpc) is 2.40. The van der Waals surface area contributed by atoms with Crippen molar-refractivity contribution in [3.05, 3.63) is 29.8 Å². The van der Waals surface area contributed by atoms with Crippen LogP contribution in [0.4, 0.5) is 5.69 Å². The number of hydrogen-bond acceptors (Lipinski definition) is 3. The van der Waals surface area contributed by atoms with Crippen LogP contribution in [0.2, 0.25) is 0 Å². The molecule has 2 N–H and O–H groups in total. The molecule has 0 saturated carbocycles. The topological polar surface area (TPSA) is 38.5 Å². The Labute approximate surface area is 114 Å². The second kappa shape index (κ2) is 6.16. The summed E-state index contributed by atoms with van der Waals surface area (Å²) < 4.78 is 5.39. The Kier molecular flexibility index (Phi) is 4.55. The molecule has 3 nitrogen and oxygen atoms in total. The molecule has 0 amide bonds. The van der Waals surface area contributed by atoms with E-state index in [2.05, 4.69) is 24.1 Å². The van der Waals surface area contributed by atoms with E-state index in [9.17, 15) is 0 Å². The number of hydrogen-bond donors (Lipinski definition) is 1. The molecule has 0 unspecified atom stereocenters. The lowest BCUT2D eigenvalue weighted by atomic mass is 9.99. The van der Waals surface area contributed by atoms with Gasteiger partial charge < -0.3 is 15.4 Å². The van der Waals surface area contributed by atoms with Crippen LogP contribution in [0.15, 0.2) is 24.3 Å². The van der Waals surface area contributed by atoms with Crippen LogP contribution in [0.3, 0.4) is 0 Å². The first-order chi connectivity index (χ1) is 8.66. The molecule has 1 aliphatic rings. The van der Waals surface area contributed by atoms with Crippen LogP contribution in [0.25, 0.3) is 0 Å². The van der Waals surface area contributed by atoms with Crippen molar-refractivity contribution in [2.45, 2.75) is 12.8 Å². The molecule has 0 bridgehead atoms. The fraction of sp³-hybridized carbons (Fsp3) is 0.500. The molecule has 1 aromatic rings. The van der Waals surface area contributed by atoms with Gasteiger partial charge >= 0.3 is 0 Å². The fourth-order valence-corrected chi connectivity index (χ4v) is 2.45. The summed E-state index contributed by atoms with van der Waals surface area (Å²) in [7, 11) is 2.12. The van der Waals surface area contributed by atoms with Gasteiger partial charge in [0.25, 0.3) is 0 Å². The van der Waals surface area contributed by atoms with Gasteiger partial charge in [-0.3, -0.25) is 0 Å². The summed E-state index contributed by atoms with van der Waals surface area (Å²) in [6.07, 6.45) is 2.30. The molecule has 2 rings (SSSR count). The third kappa shape index (κ3) is 3.43. The van der Waals surface area contributed by atoms with E-state index in [1.807, 2.05) is 12.1 Å². The van der Waals surface area contributed by atoms with Gasteiger partial charge in [0.15, 0.2) is 0 Å². The largest absolute Gasteiger partial charge is 0.389 e. The van der Waals surface area contributed by atoms with Crippen molar-refractivity contribution in [3.8, 4) is 0 Å². The number of benzene rings is 1. The Morgan fingerprint density at radius 3 is 2.83 bits per heavy atom. The molecule has 18 heavy (non-hydrogen) atoms. The number of ether oxygens (including phenoxy) is 1. The first-order valence-corrected chi connectivity index (χ1v) is 6.76. The fourth-order valence-electron chi connectivity index (χ4n) is 2.32. The molecule has 0 atom stereocenters. The molecule has 0 aliphatic carbocycles. The first kappa shape index (κ1) is 13.3. The number of nitrogens with zero attached hydrogens (tertiary/aromatic N) is 1. The van der Waals surface area contributed by atoms with Crippen molar-refractivity contribution in [2.75, 3.05) is 31.7 Å². The highest BCUT2D eigenvalue weighted by molar-refractivity contribution is 7.80. The van der Waals surface area contributed by atoms with Crippen LogP contribution in [-0.4, -0.2) is 31.8 Å². The zero-order valence-corrected chi connectivity index (χ0v) is 11.6. The van der Waals surface area contributed by atoms with E-state index in [1.54, 1.807) is 0 Å². The van der Waals surface area contributed by atoms with Crippen LogP contribution in [0.1, 0.15) is 18.4 Å². The van der Waals surface area contributed by atoms with Gasteiger partial charge in [0.2, 0.25) is 0 Å². The third-order valence-corrected chi connectivity index (χ3v) is 3.68. The van der Waals surface area contributed by atoms with Gasteiger partial charge in [0.05, 0.1) is 0 Å². The van der Waals surface area contributed by atoms with Crippen LogP contribution < -0.4 is 10.6 Å². The molecule has 1 aromatic carbocycles. The van der Waals surface area contributed by atoms with Crippen LogP contribution in [0, 0.1) is 5.92 Å².